The minimum Gasteiger partial charge on any atom is -0.310 e. The lowest BCUT2D eigenvalue weighted by Crippen LogP contribution is -2.17. The highest BCUT2D eigenvalue weighted by Gasteiger charge is 2.13. The average molecular weight is 327 g/mol. The van der Waals surface area contributed by atoms with E-state index in [2.05, 4.69) is 15.5 Å². The number of carbonyl (C=O) groups excluding carboxylic acids is 1. The van der Waals surface area contributed by atoms with E-state index in [1.165, 1.54) is 12.1 Å². The van der Waals surface area contributed by atoms with Crippen molar-refractivity contribution in [1.29, 1.82) is 0 Å². The molecule has 2 aromatic heterocycles. The molecule has 0 unspecified atom stereocenters. The third-order valence-electron chi connectivity index (χ3n) is 3.86. The summed E-state index contributed by atoms with van der Waals surface area (Å²) in [7, 11) is 1.79. The maximum atomic E-state index is 13.0. The molecule has 2 heterocycles. The Labute approximate surface area is 138 Å². The van der Waals surface area contributed by atoms with E-state index in [9.17, 15) is 9.18 Å². The Morgan fingerprint density at radius 2 is 1.88 bits per heavy atom. The van der Waals surface area contributed by atoms with E-state index in [1.54, 1.807) is 40.8 Å². The molecule has 24 heavy (non-hydrogen) atoms. The van der Waals surface area contributed by atoms with Gasteiger partial charge < -0.3 is 5.32 Å². The van der Waals surface area contributed by atoms with Gasteiger partial charge in [0.1, 0.15) is 11.6 Å². The third-order valence-corrected chi connectivity index (χ3v) is 3.86. The number of rotatable bonds is 4. The maximum absolute atomic E-state index is 13.0. The van der Waals surface area contributed by atoms with E-state index in [0.29, 0.717) is 11.5 Å². The van der Waals surface area contributed by atoms with Crippen LogP contribution in [0, 0.1) is 19.7 Å². The summed E-state index contributed by atoms with van der Waals surface area (Å²) in [5.74, 6) is 0.230. The number of aromatic nitrogens is 4. The molecule has 0 saturated carbocycles. The smallest absolute Gasteiger partial charge is 0.231 e. The SMILES string of the molecule is Cc1nn(C)c(NC(=O)Cc2ccn(-c3ccc(F)cc3)n2)c1C. The molecule has 0 radical (unpaired) electrons. The predicted octanol–water partition coefficient (Wildman–Crippen LogP) is 2.54. The van der Waals surface area contributed by atoms with Gasteiger partial charge in [-0.25, -0.2) is 9.07 Å². The second-order valence-electron chi connectivity index (χ2n) is 5.64. The number of hydrogen-bond donors (Lipinski definition) is 1. The molecule has 0 atom stereocenters. The predicted molar refractivity (Wildman–Crippen MR) is 88.5 cm³/mol. The van der Waals surface area contributed by atoms with E-state index >= 15 is 0 Å². The first-order valence-corrected chi connectivity index (χ1v) is 7.54. The van der Waals surface area contributed by atoms with Crippen LogP contribution in [0.1, 0.15) is 17.0 Å². The van der Waals surface area contributed by atoms with E-state index < -0.39 is 0 Å². The monoisotopic (exact) mass is 327 g/mol. The highest BCUT2D eigenvalue weighted by atomic mass is 19.1. The van der Waals surface area contributed by atoms with Crippen molar-refractivity contribution in [2.75, 3.05) is 5.32 Å². The van der Waals surface area contributed by atoms with Gasteiger partial charge in [-0.05, 0) is 44.2 Å². The van der Waals surface area contributed by atoms with Crippen LogP contribution in [0.5, 0.6) is 0 Å². The van der Waals surface area contributed by atoms with Gasteiger partial charge in [-0.1, -0.05) is 0 Å². The summed E-state index contributed by atoms with van der Waals surface area (Å²) in [5, 5.41) is 11.5. The van der Waals surface area contributed by atoms with Crippen molar-refractivity contribution in [3.05, 3.63) is 59.3 Å². The molecule has 3 rings (SSSR count). The van der Waals surface area contributed by atoms with Crippen molar-refractivity contribution in [3.63, 3.8) is 0 Å². The zero-order valence-corrected chi connectivity index (χ0v) is 13.7. The third kappa shape index (κ3) is 3.19. The molecular weight excluding hydrogens is 309 g/mol. The molecule has 0 saturated heterocycles. The van der Waals surface area contributed by atoms with E-state index in [-0.39, 0.29) is 18.1 Å². The van der Waals surface area contributed by atoms with Crippen molar-refractivity contribution < 1.29 is 9.18 Å². The maximum Gasteiger partial charge on any atom is 0.231 e. The zero-order valence-electron chi connectivity index (χ0n) is 13.7. The van der Waals surface area contributed by atoms with Crippen LogP contribution in [0.3, 0.4) is 0 Å². The standard InChI is InChI=1S/C17H18FN5O/c1-11-12(2)20-22(3)17(11)19-16(24)10-14-8-9-23(21-14)15-6-4-13(18)5-7-15/h4-9H,10H2,1-3H3,(H,19,24). The molecule has 7 heteroatoms. The fourth-order valence-electron chi connectivity index (χ4n) is 2.47. The number of nitrogens with one attached hydrogen (secondary N) is 1. The van der Waals surface area contributed by atoms with Crippen LogP contribution in [0.25, 0.3) is 5.69 Å². The van der Waals surface area contributed by atoms with Gasteiger partial charge in [0.05, 0.1) is 23.5 Å². The van der Waals surface area contributed by atoms with Gasteiger partial charge in [-0.2, -0.15) is 10.2 Å². The van der Waals surface area contributed by atoms with Crippen LogP contribution in [-0.2, 0) is 18.3 Å². The molecule has 0 aliphatic rings. The van der Waals surface area contributed by atoms with E-state index in [4.69, 9.17) is 0 Å². The Morgan fingerprint density at radius 1 is 1.17 bits per heavy atom. The minimum absolute atomic E-state index is 0.151. The first-order valence-electron chi connectivity index (χ1n) is 7.54. The minimum atomic E-state index is -0.299. The van der Waals surface area contributed by atoms with Gasteiger partial charge in [0.2, 0.25) is 5.91 Å². The van der Waals surface area contributed by atoms with Gasteiger partial charge in [0.25, 0.3) is 0 Å². The number of amides is 1. The molecule has 0 aliphatic heterocycles. The Kier molecular flexibility index (Phi) is 4.16. The first kappa shape index (κ1) is 15.9. The average Bonchev–Trinajstić information content (AvgIpc) is 3.09. The lowest BCUT2D eigenvalue weighted by atomic mass is 10.2. The number of anilines is 1. The van der Waals surface area contributed by atoms with E-state index in [0.717, 1.165) is 16.9 Å². The van der Waals surface area contributed by atoms with E-state index in [1.807, 2.05) is 13.8 Å². The molecule has 124 valence electrons. The molecule has 1 aromatic carbocycles. The molecule has 1 amide bonds. The van der Waals surface area contributed by atoms with Crippen molar-refractivity contribution in [3.8, 4) is 5.69 Å². The molecule has 6 nitrogen and oxygen atoms in total. The lowest BCUT2D eigenvalue weighted by molar-refractivity contribution is -0.115. The summed E-state index contributed by atoms with van der Waals surface area (Å²) in [5.41, 5.74) is 3.20. The van der Waals surface area contributed by atoms with Crippen molar-refractivity contribution >= 4 is 11.7 Å². The van der Waals surface area contributed by atoms with Crippen LogP contribution >= 0.6 is 0 Å². The van der Waals surface area contributed by atoms with Gasteiger partial charge in [0, 0.05) is 18.8 Å². The normalized spacial score (nSPS) is 10.8. The number of halogens is 1. The number of hydrogen-bond acceptors (Lipinski definition) is 3. The number of benzene rings is 1. The van der Waals surface area contributed by atoms with Crippen molar-refractivity contribution in [2.24, 2.45) is 7.05 Å². The Hall–Kier alpha value is -2.96. The van der Waals surface area contributed by atoms with Gasteiger partial charge in [-0.3, -0.25) is 9.48 Å². The number of aryl methyl sites for hydroxylation is 2. The van der Waals surface area contributed by atoms with Crippen LogP contribution < -0.4 is 5.32 Å². The molecule has 1 N–H and O–H groups in total. The highest BCUT2D eigenvalue weighted by Crippen LogP contribution is 2.17. The second-order valence-corrected chi connectivity index (χ2v) is 5.64. The molecule has 0 aliphatic carbocycles. The lowest BCUT2D eigenvalue weighted by Gasteiger charge is -2.06. The quantitative estimate of drug-likeness (QED) is 0.801. The summed E-state index contributed by atoms with van der Waals surface area (Å²) in [4.78, 5) is 12.2. The summed E-state index contributed by atoms with van der Waals surface area (Å²) < 4.78 is 16.2. The molecule has 0 fully saturated rings. The highest BCUT2D eigenvalue weighted by molar-refractivity contribution is 5.92. The first-order chi connectivity index (χ1) is 11.4. The molecule has 0 spiro atoms. The van der Waals surface area contributed by atoms with Gasteiger partial charge in [-0.15, -0.1) is 0 Å². The fraction of sp³-hybridized carbons (Fsp3) is 0.235. The van der Waals surface area contributed by atoms with Crippen LogP contribution in [-0.4, -0.2) is 25.5 Å². The second kappa shape index (κ2) is 6.27. The molecular formula is C17H18FN5O. The number of nitrogens with zero attached hydrogens (tertiary/aromatic N) is 4. The van der Waals surface area contributed by atoms with Gasteiger partial charge >= 0.3 is 0 Å². The topological polar surface area (TPSA) is 64.7 Å². The largest absolute Gasteiger partial charge is 0.310 e. The molecule has 3 aromatic rings. The van der Waals surface area contributed by atoms with Crippen molar-refractivity contribution in [2.45, 2.75) is 20.3 Å². The summed E-state index contributed by atoms with van der Waals surface area (Å²) in [6.07, 6.45) is 1.90. The zero-order chi connectivity index (χ0) is 17.3. The Morgan fingerprint density at radius 3 is 2.50 bits per heavy atom. The van der Waals surface area contributed by atoms with Gasteiger partial charge in [0.15, 0.2) is 0 Å². The van der Waals surface area contributed by atoms with Crippen LogP contribution in [0.2, 0.25) is 0 Å². The number of carbonyl (C=O) groups is 1. The Balaban J connectivity index is 1.70. The Bertz CT molecular complexity index is 879. The fourth-order valence-corrected chi connectivity index (χ4v) is 2.47. The van der Waals surface area contributed by atoms with Crippen molar-refractivity contribution in [1.82, 2.24) is 19.6 Å². The summed E-state index contributed by atoms with van der Waals surface area (Å²) >= 11 is 0. The molecule has 0 bridgehead atoms. The summed E-state index contributed by atoms with van der Waals surface area (Å²) in [6, 6.07) is 7.78. The summed E-state index contributed by atoms with van der Waals surface area (Å²) in [6.45, 7) is 3.82. The van der Waals surface area contributed by atoms with Crippen LogP contribution in [0.4, 0.5) is 10.2 Å². The van der Waals surface area contributed by atoms with Crippen LogP contribution in [0.15, 0.2) is 36.5 Å².